The van der Waals surface area contributed by atoms with Crippen molar-refractivity contribution in [2.45, 2.75) is 51.1 Å². The molecule has 3 aliphatic carbocycles. The van der Waals surface area contributed by atoms with E-state index in [9.17, 15) is 17.6 Å². The van der Waals surface area contributed by atoms with Crippen LogP contribution >= 0.6 is 0 Å². The topological polar surface area (TPSA) is 72.5 Å². The van der Waals surface area contributed by atoms with E-state index < -0.39 is 27.2 Å². The van der Waals surface area contributed by atoms with Crippen molar-refractivity contribution in [3.05, 3.63) is 23.0 Å². The second kappa shape index (κ2) is 7.72. The Balaban J connectivity index is 1.95. The first-order valence-electron chi connectivity index (χ1n) is 8.94. The molecule has 0 heterocycles. The van der Waals surface area contributed by atoms with Gasteiger partial charge in [0.1, 0.15) is 5.76 Å². The van der Waals surface area contributed by atoms with Crippen molar-refractivity contribution in [2.24, 2.45) is 11.8 Å². The van der Waals surface area contributed by atoms with E-state index in [-0.39, 0.29) is 17.3 Å². The van der Waals surface area contributed by atoms with Gasteiger partial charge in [-0.3, -0.25) is 4.79 Å². The standard InChI is InChI=1S/C18H24FNO4S/c1-20-18(21)14-9-13(12-7-8-12)16(17(15(14)19)25(22)23)24-10-11-5-3-2-4-6-11/h9,11-12,15H,2-8,10H2,1H3,(H,20,21). The predicted molar refractivity (Wildman–Crippen MR) is 93.2 cm³/mol. The zero-order valence-electron chi connectivity index (χ0n) is 14.4. The first-order chi connectivity index (χ1) is 12.0. The van der Waals surface area contributed by atoms with E-state index in [1.807, 2.05) is 0 Å². The van der Waals surface area contributed by atoms with Crippen LogP contribution in [0, 0.1) is 11.8 Å². The molecule has 3 rings (SSSR count). The zero-order valence-corrected chi connectivity index (χ0v) is 15.2. The molecule has 25 heavy (non-hydrogen) atoms. The van der Waals surface area contributed by atoms with Gasteiger partial charge in [0.15, 0.2) is 11.0 Å². The predicted octanol–water partition coefficient (Wildman–Crippen LogP) is 2.32. The molecule has 0 spiro atoms. The van der Waals surface area contributed by atoms with Crippen molar-refractivity contribution in [3.63, 3.8) is 0 Å². The summed E-state index contributed by atoms with van der Waals surface area (Å²) in [5.41, 5.74) is 0.496. The van der Waals surface area contributed by atoms with Crippen LogP contribution < -0.4 is 5.32 Å². The van der Waals surface area contributed by atoms with E-state index in [0.29, 0.717) is 18.1 Å². The molecule has 0 aromatic carbocycles. The monoisotopic (exact) mass is 369 g/mol. The van der Waals surface area contributed by atoms with Crippen LogP contribution in [0.5, 0.6) is 0 Å². The first kappa shape index (κ1) is 18.2. The average Bonchev–Trinajstić information content (AvgIpc) is 3.44. The molecular weight excluding hydrogens is 345 g/mol. The van der Waals surface area contributed by atoms with E-state index in [1.54, 1.807) is 0 Å². The molecule has 7 heteroatoms. The highest BCUT2D eigenvalue weighted by molar-refractivity contribution is 7.73. The quantitative estimate of drug-likeness (QED) is 0.755. The number of rotatable bonds is 5. The summed E-state index contributed by atoms with van der Waals surface area (Å²) in [6, 6.07) is 0. The molecular formula is C18H24FNO4S. The van der Waals surface area contributed by atoms with Crippen LogP contribution in [-0.4, -0.2) is 39.0 Å². The fourth-order valence-corrected chi connectivity index (χ4v) is 4.22. The van der Waals surface area contributed by atoms with Gasteiger partial charge < -0.3 is 10.1 Å². The second-order valence-corrected chi connectivity index (χ2v) is 7.92. The van der Waals surface area contributed by atoms with Crippen LogP contribution in [0.4, 0.5) is 4.39 Å². The van der Waals surface area contributed by atoms with Crippen molar-refractivity contribution >= 4 is 21.1 Å². The minimum absolute atomic E-state index is 0.140. The molecule has 0 saturated heterocycles. The number of ether oxygens (including phenoxy) is 1. The van der Waals surface area contributed by atoms with Gasteiger partial charge in [-0.25, -0.2) is 4.39 Å². The summed E-state index contributed by atoms with van der Waals surface area (Å²) in [5.74, 6) is 0.0685. The van der Waals surface area contributed by atoms with Gasteiger partial charge in [0.05, 0.1) is 12.2 Å². The maximum Gasteiger partial charge on any atom is 0.250 e. The van der Waals surface area contributed by atoms with Crippen LogP contribution in [0.1, 0.15) is 44.9 Å². The lowest BCUT2D eigenvalue weighted by Crippen LogP contribution is -2.35. The Morgan fingerprint density at radius 3 is 2.48 bits per heavy atom. The number of hydrogen-bond acceptors (Lipinski definition) is 4. The maximum atomic E-state index is 14.8. The third-order valence-electron chi connectivity index (χ3n) is 5.17. The van der Waals surface area contributed by atoms with Gasteiger partial charge in [-0.2, -0.15) is 8.42 Å². The highest BCUT2D eigenvalue weighted by Crippen LogP contribution is 2.42. The summed E-state index contributed by atoms with van der Waals surface area (Å²) >= 11 is 0. The Morgan fingerprint density at radius 2 is 1.92 bits per heavy atom. The number of alkyl halides is 1. The minimum Gasteiger partial charge on any atom is -0.492 e. The Labute approximate surface area is 148 Å². The molecule has 0 aromatic rings. The molecule has 2 fully saturated rings. The van der Waals surface area contributed by atoms with Gasteiger partial charge in [-0.1, -0.05) is 19.3 Å². The Kier molecular flexibility index (Phi) is 5.61. The Morgan fingerprint density at radius 1 is 1.24 bits per heavy atom. The minimum atomic E-state index is -2.78. The van der Waals surface area contributed by atoms with E-state index in [2.05, 4.69) is 5.32 Å². The molecule has 0 aromatic heterocycles. The fourth-order valence-electron chi connectivity index (χ4n) is 3.60. The van der Waals surface area contributed by atoms with Crippen LogP contribution in [-0.2, 0) is 19.8 Å². The number of likely N-dealkylation sites (N-methyl/N-ethyl adjacent to an activating group) is 1. The number of hydrogen-bond donors (Lipinski definition) is 1. The summed E-state index contributed by atoms with van der Waals surface area (Å²) in [7, 11) is -1.38. The van der Waals surface area contributed by atoms with Crippen LogP contribution in [0.25, 0.3) is 0 Å². The molecule has 1 atom stereocenters. The van der Waals surface area contributed by atoms with E-state index >= 15 is 0 Å². The second-order valence-electron chi connectivity index (χ2n) is 7.01. The number of allylic oxidation sites excluding steroid dienone is 3. The molecule has 2 saturated carbocycles. The lowest BCUT2D eigenvalue weighted by Gasteiger charge is -2.26. The zero-order chi connectivity index (χ0) is 18.0. The number of amides is 1. The Hall–Kier alpha value is -1.63. The van der Waals surface area contributed by atoms with Gasteiger partial charge in [0.25, 0.3) is 0 Å². The van der Waals surface area contributed by atoms with E-state index in [4.69, 9.17) is 4.74 Å². The normalized spacial score (nSPS) is 24.8. The summed E-state index contributed by atoms with van der Waals surface area (Å²) in [6.45, 7) is 0.405. The average molecular weight is 369 g/mol. The molecule has 0 radical (unpaired) electrons. The molecule has 1 N–H and O–H groups in total. The van der Waals surface area contributed by atoms with Gasteiger partial charge in [0, 0.05) is 7.05 Å². The largest absolute Gasteiger partial charge is 0.492 e. The van der Waals surface area contributed by atoms with Crippen molar-refractivity contribution in [2.75, 3.05) is 13.7 Å². The molecule has 1 unspecified atom stereocenters. The van der Waals surface area contributed by atoms with Gasteiger partial charge >= 0.3 is 0 Å². The number of halogens is 1. The molecule has 138 valence electrons. The van der Waals surface area contributed by atoms with Crippen molar-refractivity contribution in [1.29, 1.82) is 0 Å². The molecule has 1 amide bonds. The molecule has 0 aliphatic heterocycles. The van der Waals surface area contributed by atoms with Crippen molar-refractivity contribution in [3.8, 4) is 0 Å². The van der Waals surface area contributed by atoms with Gasteiger partial charge in [-0.05, 0) is 49.2 Å². The van der Waals surface area contributed by atoms with Gasteiger partial charge in [-0.15, -0.1) is 0 Å². The number of nitrogens with one attached hydrogen (secondary N) is 1. The number of carbonyl (C=O) groups excluding carboxylic acids is 1. The summed E-state index contributed by atoms with van der Waals surface area (Å²) < 4.78 is 44.1. The van der Waals surface area contributed by atoms with E-state index in [0.717, 1.165) is 38.5 Å². The number of carbonyl (C=O) groups is 1. The van der Waals surface area contributed by atoms with Crippen molar-refractivity contribution < 1.29 is 22.3 Å². The smallest absolute Gasteiger partial charge is 0.250 e. The Bertz CT molecular complexity index is 735. The molecule has 3 aliphatic rings. The van der Waals surface area contributed by atoms with Crippen LogP contribution in [0.15, 0.2) is 23.0 Å². The summed E-state index contributed by atoms with van der Waals surface area (Å²) in [4.78, 5) is 11.5. The maximum absolute atomic E-state index is 14.8. The molecule has 5 nitrogen and oxygen atoms in total. The molecule has 0 bridgehead atoms. The first-order valence-corrected chi connectivity index (χ1v) is 10.0. The van der Waals surface area contributed by atoms with Crippen LogP contribution in [0.2, 0.25) is 0 Å². The van der Waals surface area contributed by atoms with Crippen molar-refractivity contribution in [1.82, 2.24) is 5.32 Å². The lowest BCUT2D eigenvalue weighted by molar-refractivity contribution is -0.117. The SMILES string of the molecule is CNC(=O)C1=CC(C2CC2)=C(OCC2CCCCC2)C(=S(=O)=O)C1F. The summed E-state index contributed by atoms with van der Waals surface area (Å²) in [5, 5.41) is 2.38. The fraction of sp³-hybridized carbons (Fsp3) is 0.667. The van der Waals surface area contributed by atoms with Gasteiger partial charge in [0.2, 0.25) is 16.2 Å². The highest BCUT2D eigenvalue weighted by Gasteiger charge is 2.40. The lowest BCUT2D eigenvalue weighted by atomic mass is 9.89. The third-order valence-corrected chi connectivity index (χ3v) is 5.93. The van der Waals surface area contributed by atoms with E-state index in [1.165, 1.54) is 19.5 Å². The van der Waals surface area contributed by atoms with Crippen LogP contribution in [0.3, 0.4) is 0 Å². The highest BCUT2D eigenvalue weighted by atomic mass is 32.2. The summed E-state index contributed by atoms with van der Waals surface area (Å²) in [6.07, 6.45) is 6.95. The third kappa shape index (κ3) is 3.97.